The van der Waals surface area contributed by atoms with E-state index in [-0.39, 0.29) is 24.8 Å². The van der Waals surface area contributed by atoms with Gasteiger partial charge >= 0.3 is 0 Å². The number of amides is 1. The van der Waals surface area contributed by atoms with Crippen LogP contribution in [0.25, 0.3) is 0 Å². The van der Waals surface area contributed by atoms with Crippen LogP contribution in [0.15, 0.2) is 22.8 Å². The Labute approximate surface area is 87.0 Å². The molecule has 82 valence electrons. The van der Waals surface area contributed by atoms with E-state index in [2.05, 4.69) is 5.32 Å². The average molecular weight is 211 g/mol. The largest absolute Gasteiger partial charge is 0.459 e. The van der Waals surface area contributed by atoms with Crippen molar-refractivity contribution in [2.45, 2.75) is 12.0 Å². The van der Waals surface area contributed by atoms with Crippen LogP contribution in [0.3, 0.4) is 0 Å². The van der Waals surface area contributed by atoms with Crippen LogP contribution in [0.4, 0.5) is 0 Å². The molecule has 1 aliphatic heterocycles. The first-order valence-corrected chi connectivity index (χ1v) is 4.81. The Hall–Kier alpha value is -1.33. The van der Waals surface area contributed by atoms with Gasteiger partial charge in [-0.05, 0) is 12.1 Å². The Morgan fingerprint density at radius 2 is 2.53 bits per heavy atom. The van der Waals surface area contributed by atoms with Crippen molar-refractivity contribution in [2.24, 2.45) is 0 Å². The minimum absolute atomic E-state index is 0.187. The zero-order chi connectivity index (χ0) is 10.7. The third-order valence-corrected chi connectivity index (χ3v) is 2.41. The molecule has 0 bridgehead atoms. The SMILES string of the molecule is O=C(NCC1(O)CCOC1)c1ccco1. The number of furan rings is 1. The topological polar surface area (TPSA) is 71.7 Å². The van der Waals surface area contributed by atoms with Gasteiger partial charge in [-0.2, -0.15) is 0 Å². The van der Waals surface area contributed by atoms with Crippen LogP contribution in [0.2, 0.25) is 0 Å². The molecule has 0 saturated carbocycles. The van der Waals surface area contributed by atoms with Crippen LogP contribution in [-0.4, -0.2) is 36.4 Å². The quantitative estimate of drug-likeness (QED) is 0.747. The summed E-state index contributed by atoms with van der Waals surface area (Å²) in [5.41, 5.74) is -0.928. The number of carbonyl (C=O) groups is 1. The van der Waals surface area contributed by atoms with Gasteiger partial charge in [0, 0.05) is 19.6 Å². The number of aliphatic hydroxyl groups is 1. The zero-order valence-corrected chi connectivity index (χ0v) is 8.23. The van der Waals surface area contributed by atoms with Crippen LogP contribution < -0.4 is 5.32 Å². The van der Waals surface area contributed by atoms with Gasteiger partial charge in [-0.15, -0.1) is 0 Å². The van der Waals surface area contributed by atoms with E-state index in [9.17, 15) is 9.90 Å². The van der Waals surface area contributed by atoms with Crippen molar-refractivity contribution in [3.05, 3.63) is 24.2 Å². The summed E-state index contributed by atoms with van der Waals surface area (Å²) in [6.45, 7) is 0.991. The number of rotatable bonds is 3. The molecule has 2 rings (SSSR count). The maximum atomic E-state index is 11.4. The highest BCUT2D eigenvalue weighted by atomic mass is 16.5. The van der Waals surface area contributed by atoms with Crippen LogP contribution in [0.1, 0.15) is 17.0 Å². The molecule has 1 aromatic heterocycles. The van der Waals surface area contributed by atoms with Crippen molar-refractivity contribution < 1.29 is 19.1 Å². The Bertz CT molecular complexity index is 327. The first-order valence-electron chi connectivity index (χ1n) is 4.81. The summed E-state index contributed by atoms with van der Waals surface area (Å²) in [7, 11) is 0. The second-order valence-electron chi connectivity index (χ2n) is 3.69. The fraction of sp³-hybridized carbons (Fsp3) is 0.500. The Morgan fingerprint density at radius 1 is 1.67 bits per heavy atom. The predicted octanol–water partition coefficient (Wildman–Crippen LogP) is 0.161. The van der Waals surface area contributed by atoms with Gasteiger partial charge < -0.3 is 19.6 Å². The van der Waals surface area contributed by atoms with Crippen LogP contribution in [0, 0.1) is 0 Å². The molecule has 0 radical (unpaired) electrons. The van der Waals surface area contributed by atoms with Crippen LogP contribution >= 0.6 is 0 Å². The third kappa shape index (κ3) is 2.37. The summed E-state index contributed by atoms with van der Waals surface area (Å²) in [6, 6.07) is 3.22. The second kappa shape index (κ2) is 4.04. The van der Waals surface area contributed by atoms with Gasteiger partial charge in [0.25, 0.3) is 5.91 Å². The molecule has 1 fully saturated rings. The summed E-state index contributed by atoms with van der Waals surface area (Å²) in [5.74, 6) is -0.0714. The smallest absolute Gasteiger partial charge is 0.287 e. The van der Waals surface area contributed by atoms with Crippen LogP contribution in [-0.2, 0) is 4.74 Å². The lowest BCUT2D eigenvalue weighted by molar-refractivity contribution is 0.0261. The van der Waals surface area contributed by atoms with E-state index in [1.165, 1.54) is 6.26 Å². The maximum Gasteiger partial charge on any atom is 0.287 e. The average Bonchev–Trinajstić information content (AvgIpc) is 2.85. The molecule has 1 amide bonds. The third-order valence-electron chi connectivity index (χ3n) is 2.41. The number of nitrogens with one attached hydrogen (secondary N) is 1. The van der Waals surface area contributed by atoms with Crippen LogP contribution in [0.5, 0.6) is 0 Å². The maximum absolute atomic E-state index is 11.4. The normalized spacial score (nSPS) is 25.4. The van der Waals surface area contributed by atoms with Crippen molar-refractivity contribution in [3.63, 3.8) is 0 Å². The minimum Gasteiger partial charge on any atom is -0.459 e. The molecule has 0 aliphatic carbocycles. The fourth-order valence-corrected chi connectivity index (χ4v) is 1.48. The lowest BCUT2D eigenvalue weighted by Crippen LogP contribution is -2.43. The van der Waals surface area contributed by atoms with Gasteiger partial charge in [-0.3, -0.25) is 4.79 Å². The Morgan fingerprint density at radius 3 is 3.13 bits per heavy atom. The summed E-state index contributed by atoms with van der Waals surface area (Å²) < 4.78 is 9.98. The van der Waals surface area contributed by atoms with E-state index >= 15 is 0 Å². The molecule has 1 unspecified atom stereocenters. The molecule has 1 aliphatic rings. The molecule has 2 heterocycles. The Balaban J connectivity index is 1.85. The van der Waals surface area contributed by atoms with E-state index < -0.39 is 5.60 Å². The lowest BCUT2D eigenvalue weighted by Gasteiger charge is -2.20. The molecule has 0 aromatic carbocycles. The molecule has 5 heteroatoms. The highest BCUT2D eigenvalue weighted by molar-refractivity contribution is 5.91. The number of hydrogen-bond donors (Lipinski definition) is 2. The summed E-state index contributed by atoms with van der Waals surface area (Å²) in [6.07, 6.45) is 1.98. The molecule has 0 spiro atoms. The monoisotopic (exact) mass is 211 g/mol. The molecule has 1 aromatic rings. The van der Waals surface area contributed by atoms with Gasteiger partial charge in [-0.1, -0.05) is 0 Å². The number of hydrogen-bond acceptors (Lipinski definition) is 4. The standard InChI is InChI=1S/C10H13NO4/c12-9(8-2-1-4-15-8)11-6-10(13)3-5-14-7-10/h1-2,4,13H,3,5-7H2,(H,11,12). The second-order valence-corrected chi connectivity index (χ2v) is 3.69. The van der Waals surface area contributed by atoms with Crippen molar-refractivity contribution in [2.75, 3.05) is 19.8 Å². The summed E-state index contributed by atoms with van der Waals surface area (Å²) in [4.78, 5) is 11.4. The highest BCUT2D eigenvalue weighted by Crippen LogP contribution is 2.17. The number of carbonyl (C=O) groups excluding carboxylic acids is 1. The van der Waals surface area contributed by atoms with E-state index in [4.69, 9.17) is 9.15 Å². The van der Waals surface area contributed by atoms with Crippen molar-refractivity contribution in [3.8, 4) is 0 Å². The molecule has 1 atom stereocenters. The van der Waals surface area contributed by atoms with Gasteiger partial charge in [-0.25, -0.2) is 0 Å². The molecule has 2 N–H and O–H groups in total. The number of ether oxygens (including phenoxy) is 1. The molecule has 5 nitrogen and oxygen atoms in total. The first-order chi connectivity index (χ1) is 7.20. The van der Waals surface area contributed by atoms with E-state index in [1.807, 2.05) is 0 Å². The Kier molecular flexibility index (Phi) is 2.75. The van der Waals surface area contributed by atoms with E-state index in [0.29, 0.717) is 13.0 Å². The first kappa shape index (κ1) is 10.2. The van der Waals surface area contributed by atoms with E-state index in [1.54, 1.807) is 12.1 Å². The molecular formula is C10H13NO4. The fourth-order valence-electron chi connectivity index (χ4n) is 1.48. The van der Waals surface area contributed by atoms with Crippen molar-refractivity contribution in [1.82, 2.24) is 5.32 Å². The predicted molar refractivity (Wildman–Crippen MR) is 51.4 cm³/mol. The molecule has 15 heavy (non-hydrogen) atoms. The zero-order valence-electron chi connectivity index (χ0n) is 8.23. The molecule has 1 saturated heterocycles. The summed E-state index contributed by atoms with van der Waals surface area (Å²) >= 11 is 0. The molecular weight excluding hydrogens is 198 g/mol. The minimum atomic E-state index is -0.928. The van der Waals surface area contributed by atoms with Gasteiger partial charge in [0.05, 0.1) is 12.9 Å². The van der Waals surface area contributed by atoms with Crippen molar-refractivity contribution >= 4 is 5.91 Å². The van der Waals surface area contributed by atoms with Crippen molar-refractivity contribution in [1.29, 1.82) is 0 Å². The highest BCUT2D eigenvalue weighted by Gasteiger charge is 2.32. The van der Waals surface area contributed by atoms with Gasteiger partial charge in [0.15, 0.2) is 5.76 Å². The summed E-state index contributed by atoms with van der Waals surface area (Å²) in [5, 5.41) is 12.5. The van der Waals surface area contributed by atoms with Gasteiger partial charge in [0.1, 0.15) is 5.60 Å². The van der Waals surface area contributed by atoms with E-state index in [0.717, 1.165) is 0 Å². The lowest BCUT2D eigenvalue weighted by atomic mass is 10.0. The van der Waals surface area contributed by atoms with Gasteiger partial charge in [0.2, 0.25) is 0 Å².